The Morgan fingerprint density at radius 1 is 1.00 bits per heavy atom. The van der Waals surface area contributed by atoms with Gasteiger partial charge in [-0.05, 0) is 48.7 Å². The molecule has 5 aromatic rings. The van der Waals surface area contributed by atoms with E-state index in [-0.39, 0.29) is 5.92 Å². The molecule has 6 heteroatoms. The van der Waals surface area contributed by atoms with E-state index in [9.17, 15) is 0 Å². The van der Waals surface area contributed by atoms with Crippen LogP contribution in [0.3, 0.4) is 0 Å². The first kappa shape index (κ1) is 20.0. The van der Waals surface area contributed by atoms with Gasteiger partial charge in [-0.15, -0.1) is 0 Å². The summed E-state index contributed by atoms with van der Waals surface area (Å²) in [4.78, 5) is 9.32. The second-order valence-corrected chi connectivity index (χ2v) is 8.30. The first-order valence-electron chi connectivity index (χ1n) is 10.6. The fourth-order valence-electron chi connectivity index (χ4n) is 4.28. The van der Waals surface area contributed by atoms with Crippen molar-refractivity contribution in [1.82, 2.24) is 19.7 Å². The molecule has 0 radical (unpaired) electrons. The molecule has 1 unspecified atom stereocenters. The van der Waals surface area contributed by atoms with E-state index in [0.29, 0.717) is 11.6 Å². The van der Waals surface area contributed by atoms with Crippen LogP contribution >= 0.6 is 0 Å². The molecule has 1 atom stereocenters. The van der Waals surface area contributed by atoms with Gasteiger partial charge in [-0.3, -0.25) is 4.68 Å². The second-order valence-electron chi connectivity index (χ2n) is 8.30. The van der Waals surface area contributed by atoms with Gasteiger partial charge in [0.15, 0.2) is 0 Å². The molecule has 0 saturated heterocycles. The molecule has 3 aromatic heterocycles. The minimum Gasteiger partial charge on any atom is -0.464 e. The summed E-state index contributed by atoms with van der Waals surface area (Å²) in [7, 11) is 1.92. The lowest BCUT2D eigenvalue weighted by atomic mass is 9.88. The Labute approximate surface area is 186 Å². The van der Waals surface area contributed by atoms with Gasteiger partial charge in [-0.2, -0.15) is 5.10 Å². The molecule has 2 aromatic carbocycles. The third kappa shape index (κ3) is 3.43. The molecule has 2 N–H and O–H groups in total. The number of rotatable bonds is 4. The normalized spacial score (nSPS) is 12.4. The number of benzene rings is 2. The zero-order valence-electron chi connectivity index (χ0n) is 18.6. The standard InChI is InChI=1S/C26H25N5O/c1-15-14-32-23-9-8-20(11-22(15)23)25-24(26(27)30-17(3)29-25)16(2)18-6-5-7-19(10-18)21-12-28-31(4)13-21/h5-14,16H,1-4H3,(H2,27,29,30). The lowest BCUT2D eigenvalue weighted by molar-refractivity contribution is 0.613. The van der Waals surface area contributed by atoms with Gasteiger partial charge in [-0.1, -0.05) is 31.2 Å². The Balaban J connectivity index is 1.64. The molecule has 32 heavy (non-hydrogen) atoms. The van der Waals surface area contributed by atoms with Crippen LogP contribution in [-0.2, 0) is 7.05 Å². The number of anilines is 1. The van der Waals surface area contributed by atoms with Crippen LogP contribution in [0, 0.1) is 13.8 Å². The van der Waals surface area contributed by atoms with Gasteiger partial charge in [-0.25, -0.2) is 9.97 Å². The van der Waals surface area contributed by atoms with Crippen molar-refractivity contribution in [2.24, 2.45) is 7.05 Å². The van der Waals surface area contributed by atoms with Crippen LogP contribution in [0.4, 0.5) is 5.82 Å². The lowest BCUT2D eigenvalue weighted by Crippen LogP contribution is -2.09. The van der Waals surface area contributed by atoms with Crippen molar-refractivity contribution in [2.45, 2.75) is 26.7 Å². The van der Waals surface area contributed by atoms with E-state index in [2.05, 4.69) is 47.3 Å². The predicted molar refractivity (Wildman–Crippen MR) is 127 cm³/mol. The average molecular weight is 424 g/mol. The zero-order chi connectivity index (χ0) is 22.4. The largest absolute Gasteiger partial charge is 0.464 e. The van der Waals surface area contributed by atoms with Crippen LogP contribution in [0.15, 0.2) is 65.5 Å². The summed E-state index contributed by atoms with van der Waals surface area (Å²) in [6.45, 7) is 6.07. The number of aryl methyl sites for hydroxylation is 3. The number of nitrogen functional groups attached to an aromatic ring is 1. The first-order valence-corrected chi connectivity index (χ1v) is 10.6. The van der Waals surface area contributed by atoms with E-state index in [1.54, 1.807) is 6.26 Å². The van der Waals surface area contributed by atoms with Crippen LogP contribution in [0.25, 0.3) is 33.4 Å². The van der Waals surface area contributed by atoms with Crippen LogP contribution < -0.4 is 5.73 Å². The van der Waals surface area contributed by atoms with Crippen molar-refractivity contribution in [1.29, 1.82) is 0 Å². The van der Waals surface area contributed by atoms with Crippen molar-refractivity contribution < 1.29 is 4.42 Å². The topological polar surface area (TPSA) is 82.8 Å². The molecule has 0 bridgehead atoms. The number of nitrogens with zero attached hydrogens (tertiary/aromatic N) is 4. The monoisotopic (exact) mass is 423 g/mol. The highest BCUT2D eigenvalue weighted by Crippen LogP contribution is 2.37. The zero-order valence-corrected chi connectivity index (χ0v) is 18.6. The molecule has 0 amide bonds. The molecule has 0 spiro atoms. The van der Waals surface area contributed by atoms with E-state index in [1.807, 2.05) is 50.1 Å². The smallest absolute Gasteiger partial charge is 0.134 e. The Morgan fingerprint density at radius 3 is 2.62 bits per heavy atom. The van der Waals surface area contributed by atoms with Gasteiger partial charge >= 0.3 is 0 Å². The number of fused-ring (bicyclic) bond motifs is 1. The van der Waals surface area contributed by atoms with E-state index < -0.39 is 0 Å². The molecule has 6 nitrogen and oxygen atoms in total. The average Bonchev–Trinajstić information content (AvgIpc) is 3.38. The van der Waals surface area contributed by atoms with Gasteiger partial charge in [0.05, 0.1) is 18.2 Å². The van der Waals surface area contributed by atoms with Gasteiger partial charge in [0.2, 0.25) is 0 Å². The van der Waals surface area contributed by atoms with E-state index in [1.165, 1.54) is 0 Å². The molecule has 0 saturated carbocycles. The highest BCUT2D eigenvalue weighted by molar-refractivity contribution is 5.86. The quantitative estimate of drug-likeness (QED) is 0.404. The predicted octanol–water partition coefficient (Wildman–Crippen LogP) is 5.64. The fourth-order valence-corrected chi connectivity index (χ4v) is 4.28. The van der Waals surface area contributed by atoms with E-state index in [4.69, 9.17) is 15.1 Å². The number of hydrogen-bond donors (Lipinski definition) is 1. The second kappa shape index (κ2) is 7.64. The van der Waals surface area contributed by atoms with Crippen molar-refractivity contribution in [3.05, 3.63) is 83.6 Å². The molecule has 3 heterocycles. The van der Waals surface area contributed by atoms with Crippen LogP contribution in [0.2, 0.25) is 0 Å². The summed E-state index contributed by atoms with van der Waals surface area (Å²) < 4.78 is 7.44. The Hall–Kier alpha value is -3.93. The molecule has 5 rings (SSSR count). The Morgan fingerprint density at radius 2 is 1.84 bits per heavy atom. The van der Waals surface area contributed by atoms with Crippen LogP contribution in [-0.4, -0.2) is 19.7 Å². The maximum atomic E-state index is 6.49. The number of nitrogens with two attached hydrogens (primary N) is 1. The summed E-state index contributed by atoms with van der Waals surface area (Å²) in [5, 5.41) is 5.38. The minimum absolute atomic E-state index is 0.00312. The molecule has 0 fully saturated rings. The first-order chi connectivity index (χ1) is 15.4. The van der Waals surface area contributed by atoms with Crippen LogP contribution in [0.5, 0.6) is 0 Å². The summed E-state index contributed by atoms with van der Waals surface area (Å²) >= 11 is 0. The van der Waals surface area contributed by atoms with Gasteiger partial charge in [0, 0.05) is 41.2 Å². The van der Waals surface area contributed by atoms with E-state index in [0.717, 1.165) is 50.0 Å². The van der Waals surface area contributed by atoms with Crippen molar-refractivity contribution in [2.75, 3.05) is 5.73 Å². The van der Waals surface area contributed by atoms with Crippen molar-refractivity contribution in [3.8, 4) is 22.4 Å². The SMILES string of the molecule is Cc1nc(N)c(C(C)c2cccc(-c3cnn(C)c3)c2)c(-c2ccc3occ(C)c3c2)n1. The molecule has 0 aliphatic carbocycles. The maximum absolute atomic E-state index is 6.49. The Kier molecular flexibility index (Phi) is 4.78. The van der Waals surface area contributed by atoms with Gasteiger partial charge in [0.1, 0.15) is 17.2 Å². The number of hydrogen-bond acceptors (Lipinski definition) is 5. The summed E-state index contributed by atoms with van der Waals surface area (Å²) in [6.07, 6.45) is 5.67. The maximum Gasteiger partial charge on any atom is 0.134 e. The molecule has 0 aliphatic rings. The highest BCUT2D eigenvalue weighted by atomic mass is 16.3. The Bertz CT molecular complexity index is 1450. The van der Waals surface area contributed by atoms with Crippen LogP contribution in [0.1, 0.15) is 35.4 Å². The van der Waals surface area contributed by atoms with Gasteiger partial charge < -0.3 is 10.2 Å². The molecular weight excluding hydrogens is 398 g/mol. The highest BCUT2D eigenvalue weighted by Gasteiger charge is 2.21. The summed E-state index contributed by atoms with van der Waals surface area (Å²) in [5.41, 5.74) is 14.6. The van der Waals surface area contributed by atoms with Gasteiger partial charge in [0.25, 0.3) is 0 Å². The number of furan rings is 1. The molecular formula is C26H25N5O. The third-order valence-corrected chi connectivity index (χ3v) is 5.99. The summed E-state index contributed by atoms with van der Waals surface area (Å²) in [6, 6.07) is 14.6. The lowest BCUT2D eigenvalue weighted by Gasteiger charge is -2.19. The number of aromatic nitrogens is 4. The van der Waals surface area contributed by atoms with Crippen molar-refractivity contribution >= 4 is 16.8 Å². The molecule has 160 valence electrons. The van der Waals surface area contributed by atoms with Crippen molar-refractivity contribution in [3.63, 3.8) is 0 Å². The minimum atomic E-state index is 0.00312. The fraction of sp³-hybridized carbons (Fsp3) is 0.192. The van der Waals surface area contributed by atoms with E-state index >= 15 is 0 Å². The third-order valence-electron chi connectivity index (χ3n) is 5.99. The molecule has 0 aliphatic heterocycles. The summed E-state index contributed by atoms with van der Waals surface area (Å²) in [5.74, 6) is 1.17.